The minimum Gasteiger partial charge on any atom is -0.487 e. The van der Waals surface area contributed by atoms with Gasteiger partial charge in [-0.05, 0) is 36.8 Å². The fourth-order valence-electron chi connectivity index (χ4n) is 3.96. The number of carboxylic acids is 1. The molecule has 4 atom stereocenters. The lowest BCUT2D eigenvalue weighted by atomic mass is 9.84. The highest BCUT2D eigenvalue weighted by molar-refractivity contribution is 7.92. The molecule has 0 unspecified atom stereocenters. The quantitative estimate of drug-likeness (QED) is 0.654. The molecule has 0 aliphatic carbocycles. The van der Waals surface area contributed by atoms with E-state index in [2.05, 4.69) is 4.72 Å². The number of aliphatic hydroxyl groups is 1. The molecular weight excluding hydrogens is 398 g/mol. The summed E-state index contributed by atoms with van der Waals surface area (Å²) in [7, 11) is -3.74. The lowest BCUT2D eigenvalue weighted by Crippen LogP contribution is -2.46. The first-order valence-corrected chi connectivity index (χ1v) is 10.7. The average molecular weight is 419 g/mol. The van der Waals surface area contributed by atoms with Crippen molar-refractivity contribution in [2.24, 2.45) is 0 Å². The number of aliphatic carboxylic acids is 1. The smallest absolute Gasteiger partial charge is 0.305 e. The summed E-state index contributed by atoms with van der Waals surface area (Å²) in [4.78, 5) is 11.3. The molecule has 1 fully saturated rings. The van der Waals surface area contributed by atoms with Crippen molar-refractivity contribution in [3.05, 3.63) is 54.1 Å². The second-order valence-corrected chi connectivity index (χ2v) is 8.86. The third kappa shape index (κ3) is 3.93. The van der Waals surface area contributed by atoms with Crippen LogP contribution in [0, 0.1) is 0 Å². The Morgan fingerprint density at radius 1 is 1.17 bits per heavy atom. The summed E-state index contributed by atoms with van der Waals surface area (Å²) in [5.41, 5.74) is 1.17. The van der Waals surface area contributed by atoms with Crippen LogP contribution in [-0.2, 0) is 19.6 Å². The predicted molar refractivity (Wildman–Crippen MR) is 103 cm³/mol. The number of anilines is 1. The van der Waals surface area contributed by atoms with Gasteiger partial charge in [-0.25, -0.2) is 8.42 Å². The number of carbonyl (C=O) groups is 1. The van der Waals surface area contributed by atoms with Gasteiger partial charge in [0.2, 0.25) is 0 Å². The average Bonchev–Trinajstić information content (AvgIpc) is 3.05. The molecule has 0 spiro atoms. The van der Waals surface area contributed by atoms with Crippen LogP contribution in [0.3, 0.4) is 0 Å². The topological polar surface area (TPSA) is 122 Å². The summed E-state index contributed by atoms with van der Waals surface area (Å²) < 4.78 is 39.4. The molecule has 29 heavy (non-hydrogen) atoms. The number of sulfonamides is 1. The predicted octanol–water partition coefficient (Wildman–Crippen LogP) is 1.96. The lowest BCUT2D eigenvalue weighted by Gasteiger charge is -2.36. The highest BCUT2D eigenvalue weighted by Gasteiger charge is 2.46. The Balaban J connectivity index is 1.60. The minimum atomic E-state index is -3.74. The Bertz CT molecular complexity index is 1010. The van der Waals surface area contributed by atoms with Crippen molar-refractivity contribution in [1.82, 2.24) is 0 Å². The van der Waals surface area contributed by atoms with Crippen molar-refractivity contribution in [1.29, 1.82) is 0 Å². The first-order valence-electron chi connectivity index (χ1n) is 9.24. The first-order chi connectivity index (χ1) is 13.9. The molecule has 2 aliphatic heterocycles. The van der Waals surface area contributed by atoms with Crippen LogP contribution in [0.2, 0.25) is 0 Å². The van der Waals surface area contributed by atoms with E-state index in [-0.39, 0.29) is 23.8 Å². The first kappa shape index (κ1) is 19.7. The molecule has 2 aromatic carbocycles. The van der Waals surface area contributed by atoms with Crippen LogP contribution in [-0.4, -0.2) is 49.5 Å². The summed E-state index contributed by atoms with van der Waals surface area (Å²) in [6.07, 6.45) is -1.40. The molecule has 2 aliphatic rings. The molecule has 9 heteroatoms. The van der Waals surface area contributed by atoms with Gasteiger partial charge in [-0.3, -0.25) is 9.52 Å². The largest absolute Gasteiger partial charge is 0.487 e. The summed E-state index contributed by atoms with van der Waals surface area (Å²) in [6, 6.07) is 13.0. The highest BCUT2D eigenvalue weighted by atomic mass is 32.2. The van der Waals surface area contributed by atoms with E-state index in [1.807, 2.05) is 0 Å². The zero-order valence-corrected chi connectivity index (χ0v) is 16.2. The van der Waals surface area contributed by atoms with Gasteiger partial charge in [0.15, 0.2) is 0 Å². The number of nitrogens with one attached hydrogen (secondary N) is 1. The summed E-state index contributed by atoms with van der Waals surface area (Å²) in [6.45, 7) is -0.293. The van der Waals surface area contributed by atoms with E-state index >= 15 is 0 Å². The fraction of sp³-hybridized carbons (Fsp3) is 0.350. The maximum Gasteiger partial charge on any atom is 0.305 e. The SMILES string of the molecule is O=C(O)C[C@H]1C[C@@H]2c3cc(NS(=O)(=O)c4ccccc4)ccc3O[C@@H]2[C@H](CO)O1. The molecular formula is C20H21NO7S. The second kappa shape index (κ2) is 7.66. The van der Waals surface area contributed by atoms with Crippen molar-refractivity contribution in [3.63, 3.8) is 0 Å². The molecule has 2 aromatic rings. The molecule has 3 N–H and O–H groups in total. The fourth-order valence-corrected chi connectivity index (χ4v) is 5.03. The standard InChI is InChI=1S/C20H21NO7S/c22-11-18-20-16(9-13(27-18)10-19(23)24)15-8-12(6-7-17(15)28-20)21-29(25,26)14-4-2-1-3-5-14/h1-8,13,16,18,20-22H,9-11H2,(H,23,24)/t13-,16-,18+,20+/m1/s1. The number of benzene rings is 2. The van der Waals surface area contributed by atoms with Crippen molar-refractivity contribution in [2.45, 2.75) is 42.0 Å². The summed E-state index contributed by atoms with van der Waals surface area (Å²) in [5.74, 6) is -0.587. The van der Waals surface area contributed by atoms with Gasteiger partial charge in [0.05, 0.1) is 24.0 Å². The second-order valence-electron chi connectivity index (χ2n) is 7.17. The number of hydrogen-bond donors (Lipinski definition) is 3. The molecule has 0 radical (unpaired) electrons. The summed E-state index contributed by atoms with van der Waals surface area (Å²) in [5, 5.41) is 18.7. The van der Waals surface area contributed by atoms with E-state index in [1.54, 1.807) is 36.4 Å². The molecule has 8 nitrogen and oxygen atoms in total. The van der Waals surface area contributed by atoms with Crippen molar-refractivity contribution < 1.29 is 32.9 Å². The molecule has 0 bridgehead atoms. The number of carboxylic acid groups (broad SMARTS) is 1. The number of fused-ring (bicyclic) bond motifs is 3. The van der Waals surface area contributed by atoms with E-state index < -0.39 is 34.3 Å². The van der Waals surface area contributed by atoms with Gasteiger partial charge in [-0.15, -0.1) is 0 Å². The van der Waals surface area contributed by atoms with Crippen LogP contribution in [0.15, 0.2) is 53.4 Å². The van der Waals surface area contributed by atoms with Gasteiger partial charge in [0.25, 0.3) is 10.0 Å². The molecule has 0 saturated carbocycles. The monoisotopic (exact) mass is 419 g/mol. The Hall–Kier alpha value is -2.62. The van der Waals surface area contributed by atoms with Crippen molar-refractivity contribution in [2.75, 3.05) is 11.3 Å². The van der Waals surface area contributed by atoms with Gasteiger partial charge >= 0.3 is 5.97 Å². The zero-order chi connectivity index (χ0) is 20.6. The third-order valence-electron chi connectivity index (χ3n) is 5.21. The number of ether oxygens (including phenoxy) is 2. The van der Waals surface area contributed by atoms with Gasteiger partial charge in [0.1, 0.15) is 18.0 Å². The highest BCUT2D eigenvalue weighted by Crippen LogP contribution is 2.47. The summed E-state index contributed by atoms with van der Waals surface area (Å²) >= 11 is 0. The Morgan fingerprint density at radius 2 is 1.93 bits per heavy atom. The van der Waals surface area contributed by atoms with E-state index in [0.29, 0.717) is 17.9 Å². The van der Waals surface area contributed by atoms with Crippen LogP contribution in [0.25, 0.3) is 0 Å². The van der Waals surface area contributed by atoms with Gasteiger partial charge < -0.3 is 19.7 Å². The van der Waals surface area contributed by atoms with E-state index in [9.17, 15) is 18.3 Å². The minimum absolute atomic E-state index is 0.155. The normalized spacial score (nSPS) is 25.6. The third-order valence-corrected chi connectivity index (χ3v) is 6.60. The molecule has 154 valence electrons. The van der Waals surface area contributed by atoms with Gasteiger partial charge in [-0.2, -0.15) is 0 Å². The van der Waals surface area contributed by atoms with E-state index in [0.717, 1.165) is 5.56 Å². The molecule has 4 rings (SSSR count). The van der Waals surface area contributed by atoms with Crippen LogP contribution >= 0.6 is 0 Å². The van der Waals surface area contributed by atoms with Crippen LogP contribution in [0.5, 0.6) is 5.75 Å². The van der Waals surface area contributed by atoms with Crippen molar-refractivity contribution >= 4 is 21.7 Å². The molecule has 2 heterocycles. The van der Waals surface area contributed by atoms with E-state index in [1.165, 1.54) is 12.1 Å². The Morgan fingerprint density at radius 3 is 2.62 bits per heavy atom. The molecule has 0 amide bonds. The van der Waals surface area contributed by atoms with E-state index in [4.69, 9.17) is 14.6 Å². The number of hydrogen-bond acceptors (Lipinski definition) is 6. The maximum absolute atomic E-state index is 12.6. The molecule has 1 saturated heterocycles. The van der Waals surface area contributed by atoms with Crippen LogP contribution in [0.4, 0.5) is 5.69 Å². The van der Waals surface area contributed by atoms with Gasteiger partial charge in [0, 0.05) is 17.2 Å². The number of aliphatic hydroxyl groups excluding tert-OH is 1. The Kier molecular flexibility index (Phi) is 5.20. The van der Waals surface area contributed by atoms with Crippen molar-refractivity contribution in [3.8, 4) is 5.75 Å². The zero-order valence-electron chi connectivity index (χ0n) is 15.4. The van der Waals surface area contributed by atoms with Crippen LogP contribution in [0.1, 0.15) is 24.3 Å². The maximum atomic E-state index is 12.6. The lowest BCUT2D eigenvalue weighted by molar-refractivity contribution is -0.153. The molecule has 0 aromatic heterocycles. The number of rotatable bonds is 6. The van der Waals surface area contributed by atoms with Crippen LogP contribution < -0.4 is 9.46 Å². The van der Waals surface area contributed by atoms with Gasteiger partial charge in [-0.1, -0.05) is 18.2 Å². The Labute approximate surface area is 168 Å².